The Balaban J connectivity index is 2.20. The van der Waals surface area contributed by atoms with Crippen molar-refractivity contribution in [2.75, 3.05) is 0 Å². The van der Waals surface area contributed by atoms with E-state index in [2.05, 4.69) is 13.8 Å². The molecule has 2 unspecified atom stereocenters. The zero-order chi connectivity index (χ0) is 22.5. The summed E-state index contributed by atoms with van der Waals surface area (Å²) in [5.74, 6) is -1.15. The van der Waals surface area contributed by atoms with Gasteiger partial charge in [-0.25, -0.2) is 9.69 Å². The summed E-state index contributed by atoms with van der Waals surface area (Å²) >= 11 is 0. The Bertz CT molecular complexity index is 740. The van der Waals surface area contributed by atoms with E-state index in [4.69, 9.17) is 9.47 Å². The number of rotatable bonds is 8. The van der Waals surface area contributed by atoms with E-state index in [0.29, 0.717) is 6.42 Å². The average Bonchev–Trinajstić information content (AvgIpc) is 2.94. The Kier molecular flexibility index (Phi) is 8.04. The summed E-state index contributed by atoms with van der Waals surface area (Å²) in [5.41, 5.74) is 0.217. The molecule has 1 fully saturated rings. The fourth-order valence-electron chi connectivity index (χ4n) is 3.99. The number of ether oxygens (including phenoxy) is 2. The maximum Gasteiger partial charge on any atom is 0.417 e. The third-order valence-corrected chi connectivity index (χ3v) is 5.29. The molecule has 0 aromatic heterocycles. The maximum absolute atomic E-state index is 13.4. The molecule has 1 saturated heterocycles. The van der Waals surface area contributed by atoms with E-state index in [-0.39, 0.29) is 18.2 Å². The number of imide groups is 1. The third kappa shape index (κ3) is 6.31. The largest absolute Gasteiger partial charge is 0.460 e. The predicted molar refractivity (Wildman–Crippen MR) is 115 cm³/mol. The Morgan fingerprint density at radius 3 is 2.40 bits per heavy atom. The Morgan fingerprint density at radius 2 is 1.83 bits per heavy atom. The second-order valence-electron chi connectivity index (χ2n) is 9.28. The number of benzene rings is 1. The zero-order valence-corrected chi connectivity index (χ0v) is 19.0. The summed E-state index contributed by atoms with van der Waals surface area (Å²) in [6, 6.07) is 8.94. The van der Waals surface area contributed by atoms with Crippen LogP contribution in [0.15, 0.2) is 30.3 Å². The number of esters is 1. The number of cyclic esters (lactones) is 1. The molecular formula is C24H35NO5. The van der Waals surface area contributed by atoms with E-state index in [1.165, 1.54) is 4.90 Å². The third-order valence-electron chi connectivity index (χ3n) is 5.29. The highest BCUT2D eigenvalue weighted by atomic mass is 16.6. The first kappa shape index (κ1) is 23.9. The summed E-state index contributed by atoms with van der Waals surface area (Å²) in [7, 11) is 0. The van der Waals surface area contributed by atoms with Crippen molar-refractivity contribution in [1.82, 2.24) is 4.90 Å². The summed E-state index contributed by atoms with van der Waals surface area (Å²) in [6.45, 7) is 11.4. The zero-order valence-electron chi connectivity index (χ0n) is 19.0. The van der Waals surface area contributed by atoms with Gasteiger partial charge in [0, 0.05) is 5.92 Å². The Hall–Kier alpha value is -2.37. The van der Waals surface area contributed by atoms with E-state index in [9.17, 15) is 14.4 Å². The van der Waals surface area contributed by atoms with Crippen molar-refractivity contribution >= 4 is 18.0 Å². The molecule has 1 heterocycles. The van der Waals surface area contributed by atoms with E-state index in [1.807, 2.05) is 30.3 Å². The first-order valence-electron chi connectivity index (χ1n) is 10.8. The second kappa shape index (κ2) is 10.1. The molecule has 4 atom stereocenters. The van der Waals surface area contributed by atoms with E-state index >= 15 is 0 Å². The van der Waals surface area contributed by atoms with Crippen LogP contribution < -0.4 is 0 Å². The molecule has 6 nitrogen and oxygen atoms in total. The molecule has 1 aromatic rings. The molecule has 0 aliphatic carbocycles. The molecule has 2 rings (SSSR count). The summed E-state index contributed by atoms with van der Waals surface area (Å²) in [4.78, 5) is 39.7. The van der Waals surface area contributed by atoms with Crippen molar-refractivity contribution < 1.29 is 23.9 Å². The molecule has 0 bridgehead atoms. The van der Waals surface area contributed by atoms with Crippen LogP contribution in [0.5, 0.6) is 0 Å². The minimum absolute atomic E-state index is 0.0450. The number of carbonyl (C=O) groups excluding carboxylic acids is 3. The second-order valence-corrected chi connectivity index (χ2v) is 9.28. The van der Waals surface area contributed by atoms with Gasteiger partial charge in [-0.2, -0.15) is 0 Å². The molecule has 0 radical (unpaired) electrons. The van der Waals surface area contributed by atoms with Gasteiger partial charge in [0.1, 0.15) is 11.7 Å². The summed E-state index contributed by atoms with van der Waals surface area (Å²) < 4.78 is 11.0. The molecule has 0 spiro atoms. The first-order valence-corrected chi connectivity index (χ1v) is 10.8. The molecular weight excluding hydrogens is 382 g/mol. The Morgan fingerprint density at radius 1 is 1.20 bits per heavy atom. The van der Waals surface area contributed by atoms with E-state index in [0.717, 1.165) is 18.4 Å². The Labute approximate surface area is 179 Å². The van der Waals surface area contributed by atoms with Crippen LogP contribution >= 0.6 is 0 Å². The highest BCUT2D eigenvalue weighted by molar-refractivity contribution is 5.96. The smallest absolute Gasteiger partial charge is 0.417 e. The lowest BCUT2D eigenvalue weighted by molar-refractivity contribution is -0.158. The van der Waals surface area contributed by atoms with Gasteiger partial charge < -0.3 is 9.47 Å². The van der Waals surface area contributed by atoms with E-state index in [1.54, 1.807) is 27.7 Å². The highest BCUT2D eigenvalue weighted by Crippen LogP contribution is 2.35. The molecule has 1 aliphatic heterocycles. The predicted octanol–water partition coefficient (Wildman–Crippen LogP) is 5.27. The van der Waals surface area contributed by atoms with Crippen LogP contribution in [0.25, 0.3) is 0 Å². The van der Waals surface area contributed by atoms with Gasteiger partial charge in [-0.05, 0) is 45.6 Å². The van der Waals surface area contributed by atoms with Gasteiger partial charge in [-0.1, -0.05) is 57.0 Å². The lowest BCUT2D eigenvalue weighted by Gasteiger charge is -2.27. The van der Waals surface area contributed by atoms with Crippen LogP contribution in [0, 0.1) is 11.8 Å². The number of nitrogens with zero attached hydrogens (tertiary/aromatic N) is 1. The van der Waals surface area contributed by atoms with Gasteiger partial charge in [-0.15, -0.1) is 0 Å². The van der Waals surface area contributed by atoms with Crippen LogP contribution in [0.1, 0.15) is 78.9 Å². The quantitative estimate of drug-likeness (QED) is 0.539. The van der Waals surface area contributed by atoms with Gasteiger partial charge in [0.15, 0.2) is 0 Å². The molecule has 1 aromatic carbocycles. The van der Waals surface area contributed by atoms with Crippen LogP contribution in [0.4, 0.5) is 4.79 Å². The fourth-order valence-corrected chi connectivity index (χ4v) is 3.99. The topological polar surface area (TPSA) is 72.9 Å². The number of carbonyl (C=O) groups is 3. The van der Waals surface area contributed by atoms with Crippen LogP contribution in [-0.2, 0) is 19.1 Å². The van der Waals surface area contributed by atoms with Crippen molar-refractivity contribution in [1.29, 1.82) is 0 Å². The molecule has 166 valence electrons. The monoisotopic (exact) mass is 417 g/mol. The van der Waals surface area contributed by atoms with Gasteiger partial charge in [0.25, 0.3) is 0 Å². The molecule has 6 heteroatoms. The van der Waals surface area contributed by atoms with Gasteiger partial charge in [-0.3, -0.25) is 9.59 Å². The lowest BCUT2D eigenvalue weighted by atomic mass is 9.89. The number of hydrogen-bond acceptors (Lipinski definition) is 5. The van der Waals surface area contributed by atoms with E-state index < -0.39 is 35.7 Å². The minimum Gasteiger partial charge on any atom is -0.460 e. The highest BCUT2D eigenvalue weighted by Gasteiger charge is 2.45. The molecule has 2 amide bonds. The lowest BCUT2D eigenvalue weighted by Crippen LogP contribution is -2.43. The standard InChI is InChI=1S/C24H35NO5/c1-7-11-16(2)14-19(15-20(26)30-24(4,5)6)22(27)25-17(3)21(29-23(25)28)18-12-9-8-10-13-18/h8-10,12-13,16-17,19,21H,7,11,14-15H2,1-6H3/t16?,17-,19?,21-/m1/s1. The van der Waals surface area contributed by atoms with Crippen molar-refractivity contribution in [2.24, 2.45) is 11.8 Å². The maximum atomic E-state index is 13.4. The van der Waals surface area contributed by atoms with Crippen LogP contribution in [0.2, 0.25) is 0 Å². The van der Waals surface area contributed by atoms with Gasteiger partial charge in [0.05, 0.1) is 12.5 Å². The van der Waals surface area contributed by atoms with Gasteiger partial charge >= 0.3 is 12.1 Å². The summed E-state index contributed by atoms with van der Waals surface area (Å²) in [5, 5.41) is 0. The average molecular weight is 418 g/mol. The van der Waals surface area contributed by atoms with Crippen molar-refractivity contribution in [2.45, 2.75) is 85.0 Å². The van der Waals surface area contributed by atoms with Crippen molar-refractivity contribution in [3.05, 3.63) is 35.9 Å². The van der Waals surface area contributed by atoms with Gasteiger partial charge in [0.2, 0.25) is 5.91 Å². The minimum atomic E-state index is -0.654. The van der Waals surface area contributed by atoms with Crippen molar-refractivity contribution in [3.8, 4) is 0 Å². The molecule has 0 saturated carbocycles. The SMILES string of the molecule is CCCC(C)CC(CC(=O)OC(C)(C)C)C(=O)N1C(=O)O[C@@H](c2ccccc2)[C@H]1C. The molecule has 0 N–H and O–H groups in total. The van der Waals surface area contributed by atoms with Crippen LogP contribution in [0.3, 0.4) is 0 Å². The van der Waals surface area contributed by atoms with Crippen molar-refractivity contribution in [3.63, 3.8) is 0 Å². The first-order chi connectivity index (χ1) is 14.0. The molecule has 1 aliphatic rings. The van der Waals surface area contributed by atoms with Crippen LogP contribution in [-0.4, -0.2) is 34.5 Å². The summed E-state index contributed by atoms with van der Waals surface area (Å²) in [6.07, 6.45) is 1.25. The normalized spacial score (nSPS) is 21.1. The number of amides is 2. The molecule has 30 heavy (non-hydrogen) atoms. The number of hydrogen-bond donors (Lipinski definition) is 0. The fraction of sp³-hybridized carbons (Fsp3) is 0.625.